The van der Waals surface area contributed by atoms with E-state index in [9.17, 15) is 4.79 Å². The SMILES string of the molecule is Cc1nc(-c2ccsc2)sc1C(=O)N1CCc2sccc2C1c1cccs1. The lowest BCUT2D eigenvalue weighted by Crippen LogP contribution is -2.39. The smallest absolute Gasteiger partial charge is 0.266 e. The first-order chi connectivity index (χ1) is 13.2. The number of amides is 1. The van der Waals surface area contributed by atoms with Crippen molar-refractivity contribution >= 4 is 51.3 Å². The quantitative estimate of drug-likeness (QED) is 0.395. The molecule has 0 spiro atoms. The Morgan fingerprint density at radius 1 is 1.19 bits per heavy atom. The van der Waals surface area contributed by atoms with Crippen molar-refractivity contribution in [3.8, 4) is 10.6 Å². The number of hydrogen-bond donors (Lipinski definition) is 0. The summed E-state index contributed by atoms with van der Waals surface area (Å²) >= 11 is 6.68. The Bertz CT molecular complexity index is 1080. The van der Waals surface area contributed by atoms with Crippen molar-refractivity contribution in [1.82, 2.24) is 9.88 Å². The highest BCUT2D eigenvalue weighted by molar-refractivity contribution is 7.17. The minimum atomic E-state index is 0.0126. The number of aryl methyl sites for hydroxylation is 1. The summed E-state index contributed by atoms with van der Waals surface area (Å²) < 4.78 is 0. The Morgan fingerprint density at radius 2 is 2.11 bits per heavy atom. The lowest BCUT2D eigenvalue weighted by molar-refractivity contribution is 0.0703. The molecule has 1 aliphatic rings. The normalized spacial score (nSPS) is 16.5. The molecular weight excluding hydrogens is 413 g/mol. The number of rotatable bonds is 3. The van der Waals surface area contributed by atoms with E-state index in [2.05, 4.69) is 45.4 Å². The molecule has 3 nitrogen and oxygen atoms in total. The number of carbonyl (C=O) groups excluding carboxylic acids is 1. The van der Waals surface area contributed by atoms with Crippen LogP contribution in [0.3, 0.4) is 0 Å². The van der Waals surface area contributed by atoms with Crippen LogP contribution in [-0.4, -0.2) is 22.3 Å². The zero-order valence-electron chi connectivity index (χ0n) is 14.5. The van der Waals surface area contributed by atoms with Gasteiger partial charge < -0.3 is 4.90 Å². The molecule has 0 aliphatic carbocycles. The van der Waals surface area contributed by atoms with E-state index < -0.39 is 0 Å². The molecule has 1 unspecified atom stereocenters. The number of nitrogens with zero attached hydrogens (tertiary/aromatic N) is 2. The maximum Gasteiger partial charge on any atom is 0.266 e. The zero-order chi connectivity index (χ0) is 18.4. The first-order valence-electron chi connectivity index (χ1n) is 8.63. The first kappa shape index (κ1) is 17.3. The molecule has 0 saturated carbocycles. The lowest BCUT2D eigenvalue weighted by Gasteiger charge is -2.35. The van der Waals surface area contributed by atoms with Crippen LogP contribution in [0.1, 0.15) is 36.7 Å². The second-order valence-electron chi connectivity index (χ2n) is 6.41. The van der Waals surface area contributed by atoms with Gasteiger partial charge in [-0.3, -0.25) is 4.79 Å². The highest BCUT2D eigenvalue weighted by atomic mass is 32.1. The molecule has 5 heterocycles. The minimum Gasteiger partial charge on any atom is -0.326 e. The molecule has 27 heavy (non-hydrogen) atoms. The van der Waals surface area contributed by atoms with Crippen LogP contribution in [0.4, 0.5) is 0 Å². The topological polar surface area (TPSA) is 33.2 Å². The average molecular weight is 429 g/mol. The van der Waals surface area contributed by atoms with Gasteiger partial charge in [0.05, 0.1) is 11.7 Å². The van der Waals surface area contributed by atoms with E-state index in [0.29, 0.717) is 0 Å². The number of aromatic nitrogens is 1. The molecule has 5 rings (SSSR count). The molecule has 4 aromatic rings. The van der Waals surface area contributed by atoms with Crippen LogP contribution in [0, 0.1) is 6.92 Å². The third-order valence-electron chi connectivity index (χ3n) is 4.80. The molecule has 0 radical (unpaired) electrons. The third kappa shape index (κ3) is 2.99. The fourth-order valence-electron chi connectivity index (χ4n) is 3.52. The predicted molar refractivity (Wildman–Crippen MR) is 115 cm³/mol. The van der Waals surface area contributed by atoms with Crippen LogP contribution in [0.15, 0.2) is 45.8 Å². The lowest BCUT2D eigenvalue weighted by atomic mass is 9.98. The van der Waals surface area contributed by atoms with Gasteiger partial charge in [-0.15, -0.1) is 34.0 Å². The van der Waals surface area contributed by atoms with E-state index in [4.69, 9.17) is 0 Å². The molecule has 0 bridgehead atoms. The Labute approximate surface area is 173 Å². The third-order valence-corrected chi connectivity index (χ3v) is 8.60. The van der Waals surface area contributed by atoms with Crippen molar-refractivity contribution in [3.63, 3.8) is 0 Å². The fourth-order valence-corrected chi connectivity index (χ4v) is 7.02. The van der Waals surface area contributed by atoms with Crippen molar-refractivity contribution < 1.29 is 4.79 Å². The van der Waals surface area contributed by atoms with Crippen LogP contribution in [0.2, 0.25) is 0 Å². The second kappa shape index (κ2) is 6.98. The molecule has 0 N–H and O–H groups in total. The largest absolute Gasteiger partial charge is 0.326 e. The predicted octanol–water partition coefficient (Wildman–Crippen LogP) is 6.09. The minimum absolute atomic E-state index is 0.0126. The summed E-state index contributed by atoms with van der Waals surface area (Å²) in [6.45, 7) is 2.69. The van der Waals surface area contributed by atoms with Crippen molar-refractivity contribution in [1.29, 1.82) is 0 Å². The van der Waals surface area contributed by atoms with Crippen LogP contribution in [0.5, 0.6) is 0 Å². The highest BCUT2D eigenvalue weighted by Crippen LogP contribution is 2.41. The van der Waals surface area contributed by atoms with Gasteiger partial charge in [0.2, 0.25) is 0 Å². The highest BCUT2D eigenvalue weighted by Gasteiger charge is 2.35. The Morgan fingerprint density at radius 3 is 2.89 bits per heavy atom. The summed E-state index contributed by atoms with van der Waals surface area (Å²) in [5.41, 5.74) is 3.20. The Hall–Kier alpha value is -1.80. The van der Waals surface area contributed by atoms with Crippen molar-refractivity contribution in [2.75, 3.05) is 6.54 Å². The zero-order valence-corrected chi connectivity index (χ0v) is 17.8. The Balaban J connectivity index is 1.55. The molecular formula is C20H16N2OS4. The number of fused-ring (bicyclic) bond motifs is 1. The molecule has 4 aromatic heterocycles. The van der Waals surface area contributed by atoms with Crippen molar-refractivity contribution in [3.05, 3.63) is 71.7 Å². The first-order valence-corrected chi connectivity index (χ1v) is 12.1. The molecule has 136 valence electrons. The number of carbonyl (C=O) groups is 1. The molecule has 0 fully saturated rings. The summed E-state index contributed by atoms with van der Waals surface area (Å²) in [6, 6.07) is 8.46. The molecule has 1 aliphatic heterocycles. The van der Waals surface area contributed by atoms with E-state index in [1.807, 2.05) is 17.2 Å². The molecule has 7 heteroatoms. The van der Waals surface area contributed by atoms with Crippen LogP contribution in [0.25, 0.3) is 10.6 Å². The van der Waals surface area contributed by atoms with Gasteiger partial charge in [0, 0.05) is 27.2 Å². The van der Waals surface area contributed by atoms with Crippen LogP contribution < -0.4 is 0 Å². The van der Waals surface area contributed by atoms with E-state index in [-0.39, 0.29) is 11.9 Å². The van der Waals surface area contributed by atoms with E-state index in [1.165, 1.54) is 26.7 Å². The Kier molecular flexibility index (Phi) is 4.47. The summed E-state index contributed by atoms with van der Waals surface area (Å²) in [7, 11) is 0. The number of hydrogen-bond acceptors (Lipinski definition) is 6. The van der Waals surface area contributed by atoms with Crippen LogP contribution in [-0.2, 0) is 6.42 Å². The van der Waals surface area contributed by atoms with Gasteiger partial charge in [-0.1, -0.05) is 6.07 Å². The van der Waals surface area contributed by atoms with E-state index in [0.717, 1.165) is 34.1 Å². The van der Waals surface area contributed by atoms with Gasteiger partial charge in [0.25, 0.3) is 5.91 Å². The standard InChI is InChI=1S/C20H16N2OS4/c1-12-18(27-19(21-12)13-5-9-24-11-13)20(23)22-7-4-15-14(6-10-26-15)17(22)16-3-2-8-25-16/h2-3,5-6,8-11,17H,4,7H2,1H3. The summed E-state index contributed by atoms with van der Waals surface area (Å²) in [6.07, 6.45) is 0.926. The van der Waals surface area contributed by atoms with Crippen LogP contribution >= 0.6 is 45.3 Å². The molecule has 0 saturated heterocycles. The number of thiophene rings is 3. The molecule has 1 amide bonds. The fraction of sp³-hybridized carbons (Fsp3) is 0.200. The summed E-state index contributed by atoms with van der Waals surface area (Å²) in [5, 5.41) is 9.29. The van der Waals surface area contributed by atoms with Gasteiger partial charge in [-0.2, -0.15) is 11.3 Å². The second-order valence-corrected chi connectivity index (χ2v) is 10.2. The van der Waals surface area contributed by atoms with Crippen molar-refractivity contribution in [2.45, 2.75) is 19.4 Å². The van der Waals surface area contributed by atoms with Gasteiger partial charge in [-0.25, -0.2) is 4.98 Å². The molecule has 0 aromatic carbocycles. The van der Waals surface area contributed by atoms with E-state index in [1.54, 1.807) is 34.0 Å². The van der Waals surface area contributed by atoms with Gasteiger partial charge in [-0.05, 0) is 53.2 Å². The molecule has 1 atom stereocenters. The van der Waals surface area contributed by atoms with Gasteiger partial charge in [0.1, 0.15) is 9.88 Å². The van der Waals surface area contributed by atoms with Gasteiger partial charge in [0.15, 0.2) is 0 Å². The maximum absolute atomic E-state index is 13.5. The monoisotopic (exact) mass is 428 g/mol. The maximum atomic E-state index is 13.5. The number of thiazole rings is 1. The summed E-state index contributed by atoms with van der Waals surface area (Å²) in [5.74, 6) is 0.0988. The van der Waals surface area contributed by atoms with Crippen molar-refractivity contribution in [2.24, 2.45) is 0 Å². The summed E-state index contributed by atoms with van der Waals surface area (Å²) in [4.78, 5) is 23.6. The average Bonchev–Trinajstić information content (AvgIpc) is 3.47. The van der Waals surface area contributed by atoms with E-state index >= 15 is 0 Å². The van der Waals surface area contributed by atoms with Gasteiger partial charge >= 0.3 is 0 Å².